The van der Waals surface area contributed by atoms with E-state index in [2.05, 4.69) is 5.32 Å². The molecule has 150 valence electrons. The third kappa shape index (κ3) is 4.98. The molecule has 29 heavy (non-hydrogen) atoms. The predicted octanol–water partition coefficient (Wildman–Crippen LogP) is 3.53. The van der Waals surface area contributed by atoms with Crippen LogP contribution in [-0.2, 0) is 11.3 Å². The highest BCUT2D eigenvalue weighted by Gasteiger charge is 2.19. The third-order valence-corrected chi connectivity index (χ3v) is 4.13. The van der Waals surface area contributed by atoms with Crippen LogP contribution in [0.15, 0.2) is 65.3 Å². The summed E-state index contributed by atoms with van der Waals surface area (Å²) in [6.07, 6.45) is 1.51. The van der Waals surface area contributed by atoms with Crippen LogP contribution in [0.1, 0.15) is 16.1 Å². The summed E-state index contributed by atoms with van der Waals surface area (Å²) in [6.45, 7) is -0.286. The average molecular weight is 400 g/mol. The molecule has 1 N–H and O–H groups in total. The Bertz CT molecular complexity index is 1010. The van der Waals surface area contributed by atoms with Crippen molar-refractivity contribution >= 4 is 17.5 Å². The van der Waals surface area contributed by atoms with Crippen molar-refractivity contribution in [2.45, 2.75) is 6.54 Å². The number of furan rings is 1. The van der Waals surface area contributed by atoms with Gasteiger partial charge in [0.2, 0.25) is 0 Å². The molecule has 6 nitrogen and oxygen atoms in total. The van der Waals surface area contributed by atoms with Gasteiger partial charge in [-0.15, -0.1) is 0 Å². The summed E-state index contributed by atoms with van der Waals surface area (Å²) in [7, 11) is 1.48. The number of para-hydroxylation sites is 1. The monoisotopic (exact) mass is 400 g/mol. The lowest BCUT2D eigenvalue weighted by Crippen LogP contribution is -2.33. The van der Waals surface area contributed by atoms with Crippen molar-refractivity contribution < 1.29 is 27.5 Å². The molecule has 0 bridgehead atoms. The van der Waals surface area contributed by atoms with Gasteiger partial charge in [0.15, 0.2) is 18.2 Å². The quantitative estimate of drug-likeness (QED) is 0.659. The molecule has 0 saturated carbocycles. The van der Waals surface area contributed by atoms with Crippen LogP contribution in [-0.4, -0.2) is 25.5 Å². The minimum Gasteiger partial charge on any atom is -0.481 e. The van der Waals surface area contributed by atoms with E-state index in [1.165, 1.54) is 18.2 Å². The number of halogens is 2. The number of carbonyl (C=O) groups excluding carboxylic acids is 2. The van der Waals surface area contributed by atoms with Crippen molar-refractivity contribution in [3.05, 3.63) is 83.8 Å². The number of ether oxygens (including phenoxy) is 1. The number of carbonyl (C=O) groups is 2. The second-order valence-electron chi connectivity index (χ2n) is 6.10. The highest BCUT2D eigenvalue weighted by Crippen LogP contribution is 2.21. The zero-order valence-corrected chi connectivity index (χ0v) is 15.5. The molecule has 2 aromatic carbocycles. The average Bonchev–Trinajstić information content (AvgIpc) is 3.24. The second kappa shape index (κ2) is 9.01. The number of likely N-dealkylation sites (N-methyl/N-ethyl adjacent to an activating group) is 1. The number of amides is 2. The number of rotatable bonds is 7. The fraction of sp³-hybridized carbons (Fsp3) is 0.143. The van der Waals surface area contributed by atoms with E-state index >= 15 is 0 Å². The maximum absolute atomic E-state index is 13.6. The standard InChI is InChI=1S/C21H18F2N2O4/c1-25(20(26)13-29-19-9-8-14(22)11-17(19)23)18-7-3-2-6-16(18)21(27)24-12-15-5-4-10-28-15/h2-11H,12-13H2,1H3,(H,24,27). The molecule has 0 aliphatic rings. The van der Waals surface area contributed by atoms with Crippen LogP contribution in [0.5, 0.6) is 5.75 Å². The van der Waals surface area contributed by atoms with Gasteiger partial charge in [-0.2, -0.15) is 0 Å². The molecule has 2 amide bonds. The molecule has 0 spiro atoms. The Hall–Kier alpha value is -3.68. The summed E-state index contributed by atoms with van der Waals surface area (Å²) in [5.41, 5.74) is 0.639. The van der Waals surface area contributed by atoms with Crippen molar-refractivity contribution in [3.8, 4) is 5.75 Å². The van der Waals surface area contributed by atoms with Crippen LogP contribution >= 0.6 is 0 Å². The van der Waals surface area contributed by atoms with Crippen LogP contribution in [0, 0.1) is 11.6 Å². The van der Waals surface area contributed by atoms with Crippen LogP contribution in [0.4, 0.5) is 14.5 Å². The molecule has 0 aliphatic heterocycles. The lowest BCUT2D eigenvalue weighted by atomic mass is 10.1. The minimum atomic E-state index is -0.904. The van der Waals surface area contributed by atoms with E-state index in [1.54, 1.807) is 36.4 Å². The Balaban J connectivity index is 1.67. The number of anilines is 1. The first-order chi connectivity index (χ1) is 14.0. The van der Waals surface area contributed by atoms with Crippen molar-refractivity contribution in [2.75, 3.05) is 18.6 Å². The van der Waals surface area contributed by atoms with Gasteiger partial charge in [-0.3, -0.25) is 9.59 Å². The summed E-state index contributed by atoms with van der Waals surface area (Å²) in [4.78, 5) is 26.2. The Morgan fingerprint density at radius 1 is 1.10 bits per heavy atom. The maximum atomic E-state index is 13.6. The third-order valence-electron chi connectivity index (χ3n) is 4.13. The van der Waals surface area contributed by atoms with Crippen LogP contribution in [0.2, 0.25) is 0 Å². The van der Waals surface area contributed by atoms with E-state index in [9.17, 15) is 18.4 Å². The first-order valence-electron chi connectivity index (χ1n) is 8.69. The van der Waals surface area contributed by atoms with Gasteiger partial charge >= 0.3 is 0 Å². The summed E-state index contributed by atoms with van der Waals surface area (Å²) in [6, 6.07) is 12.8. The minimum absolute atomic E-state index is 0.199. The molecule has 1 heterocycles. The van der Waals surface area contributed by atoms with Crippen molar-refractivity contribution in [1.29, 1.82) is 0 Å². The van der Waals surface area contributed by atoms with Gasteiger partial charge in [-0.05, 0) is 36.4 Å². The highest BCUT2D eigenvalue weighted by atomic mass is 19.1. The molecule has 1 aromatic heterocycles. The normalized spacial score (nSPS) is 10.4. The van der Waals surface area contributed by atoms with E-state index in [4.69, 9.17) is 9.15 Å². The van der Waals surface area contributed by atoms with Gasteiger partial charge in [0.05, 0.1) is 24.1 Å². The maximum Gasteiger partial charge on any atom is 0.264 e. The van der Waals surface area contributed by atoms with E-state index in [0.717, 1.165) is 12.1 Å². The topological polar surface area (TPSA) is 71.8 Å². The molecule has 0 atom stereocenters. The SMILES string of the molecule is CN(C(=O)COc1ccc(F)cc1F)c1ccccc1C(=O)NCc1ccco1. The number of hydrogen-bond donors (Lipinski definition) is 1. The molecule has 0 fully saturated rings. The largest absolute Gasteiger partial charge is 0.481 e. The molecule has 3 rings (SSSR count). The van der Waals surface area contributed by atoms with Crippen LogP contribution in [0.3, 0.4) is 0 Å². The molecular weight excluding hydrogens is 382 g/mol. The number of benzene rings is 2. The Morgan fingerprint density at radius 2 is 1.90 bits per heavy atom. The van der Waals surface area contributed by atoms with E-state index in [-0.39, 0.29) is 23.8 Å². The van der Waals surface area contributed by atoms with E-state index in [0.29, 0.717) is 17.5 Å². The first-order valence-corrected chi connectivity index (χ1v) is 8.69. The fourth-order valence-electron chi connectivity index (χ4n) is 2.60. The van der Waals surface area contributed by atoms with Gasteiger partial charge in [0.1, 0.15) is 11.6 Å². The van der Waals surface area contributed by atoms with Gasteiger partial charge < -0.3 is 19.4 Å². The number of nitrogens with one attached hydrogen (secondary N) is 1. The summed E-state index contributed by atoms with van der Waals surface area (Å²) < 4.78 is 36.9. The van der Waals surface area contributed by atoms with Gasteiger partial charge in [-0.1, -0.05) is 12.1 Å². The predicted molar refractivity (Wildman–Crippen MR) is 102 cm³/mol. The molecule has 0 saturated heterocycles. The van der Waals surface area contributed by atoms with E-state index < -0.39 is 24.1 Å². The molecule has 0 unspecified atom stereocenters. The molecule has 3 aromatic rings. The van der Waals surface area contributed by atoms with Crippen LogP contribution in [0.25, 0.3) is 0 Å². The zero-order valence-electron chi connectivity index (χ0n) is 15.5. The van der Waals surface area contributed by atoms with Gasteiger partial charge in [0, 0.05) is 13.1 Å². The molecule has 8 heteroatoms. The van der Waals surface area contributed by atoms with Gasteiger partial charge in [0.25, 0.3) is 11.8 Å². The Kier molecular flexibility index (Phi) is 6.23. The van der Waals surface area contributed by atoms with Crippen molar-refractivity contribution in [1.82, 2.24) is 5.32 Å². The summed E-state index contributed by atoms with van der Waals surface area (Å²) in [5.74, 6) is -2.19. The summed E-state index contributed by atoms with van der Waals surface area (Å²) >= 11 is 0. The highest BCUT2D eigenvalue weighted by molar-refractivity contribution is 6.04. The Morgan fingerprint density at radius 3 is 2.62 bits per heavy atom. The lowest BCUT2D eigenvalue weighted by molar-refractivity contribution is -0.120. The molecule has 0 radical (unpaired) electrons. The molecular formula is C21H18F2N2O4. The fourth-order valence-corrected chi connectivity index (χ4v) is 2.60. The van der Waals surface area contributed by atoms with Crippen molar-refractivity contribution in [3.63, 3.8) is 0 Å². The van der Waals surface area contributed by atoms with Crippen LogP contribution < -0.4 is 15.0 Å². The molecule has 0 aliphatic carbocycles. The first kappa shape index (κ1) is 20.1. The summed E-state index contributed by atoms with van der Waals surface area (Å²) in [5, 5.41) is 2.72. The second-order valence-corrected chi connectivity index (χ2v) is 6.10. The lowest BCUT2D eigenvalue weighted by Gasteiger charge is -2.20. The number of hydrogen-bond acceptors (Lipinski definition) is 4. The van der Waals surface area contributed by atoms with Crippen molar-refractivity contribution in [2.24, 2.45) is 0 Å². The smallest absolute Gasteiger partial charge is 0.264 e. The van der Waals surface area contributed by atoms with E-state index in [1.807, 2.05) is 0 Å². The number of nitrogens with zero attached hydrogens (tertiary/aromatic N) is 1. The van der Waals surface area contributed by atoms with Gasteiger partial charge in [-0.25, -0.2) is 8.78 Å². The Labute approximate surface area is 165 Å². The zero-order chi connectivity index (χ0) is 20.8.